The summed E-state index contributed by atoms with van der Waals surface area (Å²) < 4.78 is 11.8. The smallest absolute Gasteiger partial charge is 0.148 e. The Labute approximate surface area is 136 Å². The van der Waals surface area contributed by atoms with E-state index in [-0.39, 0.29) is 0 Å². The number of hydrogen-bond donors (Lipinski definition) is 0. The molecule has 0 heterocycles. The number of fused-ring (bicyclic) bond motifs is 3. The highest BCUT2D eigenvalue weighted by Gasteiger charge is 2.46. The monoisotopic (exact) mass is 302 g/mol. The van der Waals surface area contributed by atoms with Crippen LogP contribution in [0.5, 0.6) is 5.75 Å². The van der Waals surface area contributed by atoms with Gasteiger partial charge in [-0.05, 0) is 17.2 Å². The van der Waals surface area contributed by atoms with Crippen molar-refractivity contribution < 1.29 is 9.47 Å². The number of methoxy groups -OCH3 is 2. The third-order valence-corrected chi connectivity index (χ3v) is 4.70. The molecule has 114 valence electrons. The fraction of sp³-hybridized carbons (Fsp3) is 0.143. The Morgan fingerprint density at radius 2 is 1.09 bits per heavy atom. The Hall–Kier alpha value is -2.58. The minimum Gasteiger partial charge on any atom is -0.496 e. The van der Waals surface area contributed by atoms with Crippen LogP contribution in [0, 0.1) is 0 Å². The zero-order valence-corrected chi connectivity index (χ0v) is 13.2. The SMILES string of the molecule is COc1ccccc1C1(OC)c2ccccc2-c2ccccc21. The van der Waals surface area contributed by atoms with Crippen molar-refractivity contribution in [3.05, 3.63) is 89.5 Å². The molecule has 0 aliphatic heterocycles. The molecule has 0 saturated heterocycles. The molecule has 0 radical (unpaired) electrons. The normalized spacial score (nSPS) is 14.2. The summed E-state index contributed by atoms with van der Waals surface area (Å²) in [5, 5.41) is 0. The van der Waals surface area contributed by atoms with Crippen LogP contribution in [0.3, 0.4) is 0 Å². The highest BCUT2D eigenvalue weighted by atomic mass is 16.5. The van der Waals surface area contributed by atoms with Crippen LogP contribution in [0.15, 0.2) is 72.8 Å². The molecule has 2 nitrogen and oxygen atoms in total. The molecule has 0 amide bonds. The van der Waals surface area contributed by atoms with Crippen LogP contribution in [0.2, 0.25) is 0 Å². The maximum absolute atomic E-state index is 6.20. The van der Waals surface area contributed by atoms with Crippen LogP contribution in [-0.2, 0) is 10.3 Å². The fourth-order valence-corrected chi connectivity index (χ4v) is 3.75. The molecule has 2 heteroatoms. The number of hydrogen-bond acceptors (Lipinski definition) is 2. The van der Waals surface area contributed by atoms with E-state index in [4.69, 9.17) is 9.47 Å². The van der Waals surface area contributed by atoms with E-state index in [1.165, 1.54) is 11.1 Å². The lowest BCUT2D eigenvalue weighted by Crippen LogP contribution is -2.29. The van der Waals surface area contributed by atoms with Gasteiger partial charge in [-0.15, -0.1) is 0 Å². The van der Waals surface area contributed by atoms with E-state index in [0.717, 1.165) is 22.4 Å². The second-order valence-electron chi connectivity index (χ2n) is 5.68. The molecule has 4 rings (SSSR count). The molecule has 3 aromatic carbocycles. The summed E-state index contributed by atoms with van der Waals surface area (Å²) in [5.41, 5.74) is 5.15. The summed E-state index contributed by atoms with van der Waals surface area (Å²) >= 11 is 0. The Balaban J connectivity index is 2.13. The van der Waals surface area contributed by atoms with Crippen LogP contribution in [0.1, 0.15) is 16.7 Å². The summed E-state index contributed by atoms with van der Waals surface area (Å²) in [4.78, 5) is 0. The lowest BCUT2D eigenvalue weighted by atomic mass is 9.83. The molecule has 0 saturated carbocycles. The summed E-state index contributed by atoms with van der Waals surface area (Å²) in [6.45, 7) is 0. The average Bonchev–Trinajstić information content (AvgIpc) is 2.93. The molecule has 0 fully saturated rings. The zero-order valence-electron chi connectivity index (χ0n) is 13.2. The molecule has 1 aliphatic rings. The summed E-state index contributed by atoms with van der Waals surface area (Å²) in [7, 11) is 3.47. The van der Waals surface area contributed by atoms with Gasteiger partial charge >= 0.3 is 0 Å². The van der Waals surface area contributed by atoms with E-state index in [9.17, 15) is 0 Å². The first-order chi connectivity index (χ1) is 11.3. The Morgan fingerprint density at radius 3 is 1.61 bits per heavy atom. The first kappa shape index (κ1) is 14.0. The van der Waals surface area contributed by atoms with Crippen molar-refractivity contribution in [2.24, 2.45) is 0 Å². The minimum atomic E-state index is -0.639. The maximum atomic E-state index is 6.20. The quantitative estimate of drug-likeness (QED) is 0.703. The van der Waals surface area contributed by atoms with Gasteiger partial charge in [0.25, 0.3) is 0 Å². The van der Waals surface area contributed by atoms with Gasteiger partial charge in [0.15, 0.2) is 0 Å². The van der Waals surface area contributed by atoms with E-state index < -0.39 is 5.60 Å². The molecule has 0 bridgehead atoms. The summed E-state index contributed by atoms with van der Waals surface area (Å²) in [5.74, 6) is 0.834. The van der Waals surface area contributed by atoms with Gasteiger partial charge in [-0.3, -0.25) is 0 Å². The van der Waals surface area contributed by atoms with Crippen LogP contribution in [0.4, 0.5) is 0 Å². The molecule has 0 atom stereocenters. The standard InChI is InChI=1S/C21H18O2/c1-22-20-14-8-7-13-19(20)21(23-2)17-11-5-3-9-15(17)16-10-4-6-12-18(16)21/h3-14H,1-2H3. The van der Waals surface area contributed by atoms with Gasteiger partial charge in [0.05, 0.1) is 7.11 Å². The van der Waals surface area contributed by atoms with Crippen LogP contribution in [0.25, 0.3) is 11.1 Å². The van der Waals surface area contributed by atoms with Gasteiger partial charge in [0, 0.05) is 23.8 Å². The van der Waals surface area contributed by atoms with Crippen molar-refractivity contribution in [3.63, 3.8) is 0 Å². The first-order valence-electron chi connectivity index (χ1n) is 7.71. The molecule has 3 aromatic rings. The van der Waals surface area contributed by atoms with E-state index in [0.29, 0.717) is 0 Å². The second kappa shape index (κ2) is 5.25. The van der Waals surface area contributed by atoms with Gasteiger partial charge in [-0.2, -0.15) is 0 Å². The number of ether oxygens (including phenoxy) is 2. The van der Waals surface area contributed by atoms with E-state index >= 15 is 0 Å². The van der Waals surface area contributed by atoms with Crippen molar-refractivity contribution in [2.45, 2.75) is 5.60 Å². The summed E-state index contributed by atoms with van der Waals surface area (Å²) in [6, 6.07) is 25.0. The van der Waals surface area contributed by atoms with Crippen molar-refractivity contribution in [3.8, 4) is 16.9 Å². The lowest BCUT2D eigenvalue weighted by molar-refractivity contribution is 0.0602. The third kappa shape index (κ3) is 1.79. The Bertz CT molecular complexity index is 821. The lowest BCUT2D eigenvalue weighted by Gasteiger charge is -2.32. The van der Waals surface area contributed by atoms with Gasteiger partial charge in [0.1, 0.15) is 11.4 Å². The molecule has 0 aromatic heterocycles. The molecule has 0 spiro atoms. The van der Waals surface area contributed by atoms with Crippen molar-refractivity contribution in [2.75, 3.05) is 14.2 Å². The molecule has 0 N–H and O–H groups in total. The Morgan fingerprint density at radius 1 is 0.609 bits per heavy atom. The zero-order chi connectivity index (χ0) is 15.9. The van der Waals surface area contributed by atoms with Gasteiger partial charge in [0.2, 0.25) is 0 Å². The van der Waals surface area contributed by atoms with Crippen LogP contribution < -0.4 is 4.74 Å². The van der Waals surface area contributed by atoms with Crippen LogP contribution >= 0.6 is 0 Å². The Kier molecular flexibility index (Phi) is 3.21. The van der Waals surface area contributed by atoms with Crippen molar-refractivity contribution in [1.29, 1.82) is 0 Å². The van der Waals surface area contributed by atoms with Gasteiger partial charge in [-0.1, -0.05) is 66.7 Å². The number of para-hydroxylation sites is 1. The van der Waals surface area contributed by atoms with Crippen molar-refractivity contribution in [1.82, 2.24) is 0 Å². The topological polar surface area (TPSA) is 18.5 Å². The second-order valence-corrected chi connectivity index (χ2v) is 5.68. The summed E-state index contributed by atoms with van der Waals surface area (Å²) in [6.07, 6.45) is 0. The maximum Gasteiger partial charge on any atom is 0.148 e. The van der Waals surface area contributed by atoms with E-state index in [1.807, 2.05) is 18.2 Å². The van der Waals surface area contributed by atoms with Gasteiger partial charge in [-0.25, -0.2) is 0 Å². The van der Waals surface area contributed by atoms with Gasteiger partial charge < -0.3 is 9.47 Å². The van der Waals surface area contributed by atoms with E-state index in [2.05, 4.69) is 54.6 Å². The molecule has 23 heavy (non-hydrogen) atoms. The predicted octanol–water partition coefficient (Wildman–Crippen LogP) is 4.61. The molecule has 1 aliphatic carbocycles. The minimum absolute atomic E-state index is 0.639. The molecule has 0 unspecified atom stereocenters. The average molecular weight is 302 g/mol. The number of rotatable bonds is 3. The highest BCUT2D eigenvalue weighted by Crippen LogP contribution is 2.54. The third-order valence-electron chi connectivity index (χ3n) is 4.70. The highest BCUT2D eigenvalue weighted by molar-refractivity contribution is 5.82. The largest absolute Gasteiger partial charge is 0.496 e. The molecular formula is C21H18O2. The van der Waals surface area contributed by atoms with E-state index in [1.54, 1.807) is 14.2 Å². The van der Waals surface area contributed by atoms with Crippen LogP contribution in [-0.4, -0.2) is 14.2 Å². The van der Waals surface area contributed by atoms with Crippen molar-refractivity contribution >= 4 is 0 Å². The first-order valence-corrected chi connectivity index (χ1v) is 7.71. The predicted molar refractivity (Wildman–Crippen MR) is 91.8 cm³/mol. The molecular weight excluding hydrogens is 284 g/mol. The number of benzene rings is 3. The fourth-order valence-electron chi connectivity index (χ4n) is 3.75.